The molecule has 24 heavy (non-hydrogen) atoms. The number of rotatable bonds is 4. The summed E-state index contributed by atoms with van der Waals surface area (Å²) in [5.74, 6) is -0.157. The van der Waals surface area contributed by atoms with Crippen molar-refractivity contribution in [1.82, 2.24) is 20.3 Å². The molecule has 0 radical (unpaired) electrons. The van der Waals surface area contributed by atoms with Gasteiger partial charge in [-0.25, -0.2) is 0 Å². The lowest BCUT2D eigenvalue weighted by molar-refractivity contribution is 0.0935. The number of nitrogens with two attached hydrogens (primary N) is 1. The molecule has 1 amide bonds. The van der Waals surface area contributed by atoms with Crippen LogP contribution in [0.1, 0.15) is 29.0 Å². The number of carbonyl (C=O) groups excluding carboxylic acids is 1. The summed E-state index contributed by atoms with van der Waals surface area (Å²) in [5, 5.41) is 10.8. The number of nitrogens with one attached hydrogen (secondary N) is 1. The second-order valence-electron chi connectivity index (χ2n) is 5.32. The summed E-state index contributed by atoms with van der Waals surface area (Å²) < 4.78 is 2.32. The first kappa shape index (κ1) is 16.2. The number of hydrogen-bond acceptors (Lipinski definition) is 4. The second kappa shape index (κ2) is 6.84. The van der Waals surface area contributed by atoms with E-state index < -0.39 is 0 Å². The van der Waals surface area contributed by atoms with Gasteiger partial charge in [0.05, 0.1) is 11.7 Å². The molecule has 7 heteroatoms. The molecule has 0 unspecified atom stereocenters. The molecular weight excluding hydrogens is 370 g/mol. The molecule has 0 aliphatic rings. The van der Waals surface area contributed by atoms with Crippen LogP contribution in [0.3, 0.4) is 0 Å². The summed E-state index contributed by atoms with van der Waals surface area (Å²) >= 11 is 3.40. The van der Waals surface area contributed by atoms with Crippen molar-refractivity contribution in [2.75, 3.05) is 5.73 Å². The number of hydrogen-bond donors (Lipinski definition) is 2. The van der Waals surface area contributed by atoms with Crippen molar-refractivity contribution >= 4 is 27.7 Å². The highest BCUT2D eigenvalue weighted by Gasteiger charge is 2.20. The van der Waals surface area contributed by atoms with Crippen LogP contribution >= 0.6 is 15.9 Å². The summed E-state index contributed by atoms with van der Waals surface area (Å²) in [4.78, 5) is 12.4. The van der Waals surface area contributed by atoms with E-state index in [-0.39, 0.29) is 23.5 Å². The zero-order chi connectivity index (χ0) is 17.1. The number of aromatic nitrogens is 3. The van der Waals surface area contributed by atoms with E-state index in [2.05, 4.69) is 31.6 Å². The summed E-state index contributed by atoms with van der Waals surface area (Å²) in [5.41, 5.74) is 7.90. The Morgan fingerprint density at radius 1 is 1.21 bits per heavy atom. The monoisotopic (exact) mass is 385 g/mol. The third kappa shape index (κ3) is 3.30. The van der Waals surface area contributed by atoms with Crippen LogP contribution in [0.2, 0.25) is 0 Å². The van der Waals surface area contributed by atoms with E-state index in [4.69, 9.17) is 5.73 Å². The van der Waals surface area contributed by atoms with Crippen molar-refractivity contribution in [3.05, 3.63) is 70.3 Å². The lowest BCUT2D eigenvalue weighted by atomic mass is 10.1. The van der Waals surface area contributed by atoms with Gasteiger partial charge in [0.25, 0.3) is 5.91 Å². The molecule has 3 aromatic rings. The maximum Gasteiger partial charge on any atom is 0.276 e. The highest BCUT2D eigenvalue weighted by Crippen LogP contribution is 2.19. The van der Waals surface area contributed by atoms with Crippen LogP contribution in [-0.4, -0.2) is 20.9 Å². The third-order valence-corrected chi connectivity index (χ3v) is 4.11. The van der Waals surface area contributed by atoms with Crippen molar-refractivity contribution in [2.24, 2.45) is 0 Å². The van der Waals surface area contributed by atoms with Crippen molar-refractivity contribution in [2.45, 2.75) is 13.0 Å². The SMILES string of the molecule is C[C@H](NC(=O)c1nnn(-c2cccc(Br)c2)c1N)c1ccccc1. The minimum absolute atomic E-state index is 0.109. The standard InChI is InChI=1S/C17H16BrN5O/c1-11(12-6-3-2-4-7-12)20-17(24)15-16(19)23(22-21-15)14-9-5-8-13(18)10-14/h2-11H,19H2,1H3,(H,20,24)/t11-/m0/s1. The minimum Gasteiger partial charge on any atom is -0.382 e. The molecule has 2 aromatic carbocycles. The number of anilines is 1. The molecule has 1 atom stereocenters. The molecule has 6 nitrogen and oxygen atoms in total. The zero-order valence-corrected chi connectivity index (χ0v) is 14.6. The highest BCUT2D eigenvalue weighted by atomic mass is 79.9. The molecule has 0 bridgehead atoms. The fourth-order valence-electron chi connectivity index (χ4n) is 2.34. The topological polar surface area (TPSA) is 85.8 Å². The molecular formula is C17H16BrN5O. The fourth-order valence-corrected chi connectivity index (χ4v) is 2.73. The molecule has 1 heterocycles. The Balaban J connectivity index is 1.82. The van der Waals surface area contributed by atoms with Gasteiger partial charge in [0.1, 0.15) is 0 Å². The van der Waals surface area contributed by atoms with Crippen LogP contribution in [0.5, 0.6) is 0 Å². The Morgan fingerprint density at radius 2 is 1.96 bits per heavy atom. The molecule has 0 saturated carbocycles. The van der Waals surface area contributed by atoms with Crippen LogP contribution in [0.15, 0.2) is 59.1 Å². The normalized spacial score (nSPS) is 11.9. The van der Waals surface area contributed by atoms with Gasteiger partial charge in [-0.1, -0.05) is 57.5 Å². The quantitative estimate of drug-likeness (QED) is 0.722. The van der Waals surface area contributed by atoms with Crippen LogP contribution in [-0.2, 0) is 0 Å². The van der Waals surface area contributed by atoms with Gasteiger partial charge in [-0.3, -0.25) is 4.79 Å². The molecule has 0 aliphatic heterocycles. The van der Waals surface area contributed by atoms with Crippen molar-refractivity contribution in [1.29, 1.82) is 0 Å². The van der Waals surface area contributed by atoms with E-state index in [1.165, 1.54) is 4.68 Å². The Hall–Kier alpha value is -2.67. The van der Waals surface area contributed by atoms with Crippen molar-refractivity contribution in [3.8, 4) is 5.69 Å². The first-order valence-corrected chi connectivity index (χ1v) is 8.18. The number of halogens is 1. The molecule has 122 valence electrons. The fraction of sp³-hybridized carbons (Fsp3) is 0.118. The number of amides is 1. The average molecular weight is 386 g/mol. The number of carbonyl (C=O) groups is 1. The van der Waals surface area contributed by atoms with Crippen LogP contribution in [0, 0.1) is 0 Å². The van der Waals surface area contributed by atoms with Gasteiger partial charge in [-0.2, -0.15) is 4.68 Å². The van der Waals surface area contributed by atoms with Crippen LogP contribution in [0.25, 0.3) is 5.69 Å². The first-order chi connectivity index (χ1) is 11.6. The molecule has 0 fully saturated rings. The maximum absolute atomic E-state index is 12.4. The highest BCUT2D eigenvalue weighted by molar-refractivity contribution is 9.10. The summed E-state index contributed by atoms with van der Waals surface area (Å²) in [6.07, 6.45) is 0. The van der Waals surface area contributed by atoms with E-state index >= 15 is 0 Å². The Labute approximate surface area is 147 Å². The zero-order valence-electron chi connectivity index (χ0n) is 13.0. The Morgan fingerprint density at radius 3 is 2.67 bits per heavy atom. The molecule has 3 rings (SSSR count). The van der Waals surface area contributed by atoms with Gasteiger partial charge in [-0.05, 0) is 30.7 Å². The smallest absolute Gasteiger partial charge is 0.276 e. The maximum atomic E-state index is 12.4. The van der Waals surface area contributed by atoms with Gasteiger partial charge >= 0.3 is 0 Å². The van der Waals surface area contributed by atoms with Crippen molar-refractivity contribution in [3.63, 3.8) is 0 Å². The van der Waals surface area contributed by atoms with E-state index in [0.717, 1.165) is 15.7 Å². The predicted octanol–water partition coefficient (Wildman–Crippen LogP) is 3.10. The average Bonchev–Trinajstić information content (AvgIpc) is 2.97. The van der Waals surface area contributed by atoms with E-state index in [1.807, 2.05) is 61.5 Å². The van der Waals surface area contributed by atoms with E-state index in [9.17, 15) is 4.79 Å². The molecule has 0 spiro atoms. The number of benzene rings is 2. The summed E-state index contributed by atoms with van der Waals surface area (Å²) in [7, 11) is 0. The van der Waals surface area contributed by atoms with Gasteiger partial charge in [0.15, 0.2) is 11.5 Å². The van der Waals surface area contributed by atoms with Crippen molar-refractivity contribution < 1.29 is 4.79 Å². The first-order valence-electron chi connectivity index (χ1n) is 7.39. The number of nitrogens with zero attached hydrogens (tertiary/aromatic N) is 3. The van der Waals surface area contributed by atoms with Crippen LogP contribution < -0.4 is 11.1 Å². The predicted molar refractivity (Wildman–Crippen MR) is 95.8 cm³/mol. The lowest BCUT2D eigenvalue weighted by Gasteiger charge is -2.13. The minimum atomic E-state index is -0.356. The summed E-state index contributed by atoms with van der Waals surface area (Å²) in [6.45, 7) is 1.90. The van der Waals surface area contributed by atoms with Gasteiger partial charge in [0.2, 0.25) is 0 Å². The molecule has 1 aromatic heterocycles. The van der Waals surface area contributed by atoms with Gasteiger partial charge in [0, 0.05) is 4.47 Å². The Kier molecular flexibility index (Phi) is 4.61. The third-order valence-electron chi connectivity index (χ3n) is 3.62. The second-order valence-corrected chi connectivity index (χ2v) is 6.24. The molecule has 0 saturated heterocycles. The molecule has 0 aliphatic carbocycles. The summed E-state index contributed by atoms with van der Waals surface area (Å²) in [6, 6.07) is 17.0. The van der Waals surface area contributed by atoms with Crippen LogP contribution in [0.4, 0.5) is 5.82 Å². The molecule has 3 N–H and O–H groups in total. The van der Waals surface area contributed by atoms with E-state index in [0.29, 0.717) is 0 Å². The Bertz CT molecular complexity index is 862. The van der Waals surface area contributed by atoms with Gasteiger partial charge < -0.3 is 11.1 Å². The number of nitrogen functional groups attached to an aromatic ring is 1. The van der Waals surface area contributed by atoms with Gasteiger partial charge in [-0.15, -0.1) is 5.10 Å². The largest absolute Gasteiger partial charge is 0.382 e. The lowest BCUT2D eigenvalue weighted by Crippen LogP contribution is -2.27. The van der Waals surface area contributed by atoms with E-state index in [1.54, 1.807) is 0 Å².